The third kappa shape index (κ3) is 4.26. The molecule has 0 bridgehead atoms. The van der Waals surface area contributed by atoms with Gasteiger partial charge in [-0.1, -0.05) is 6.08 Å². The van der Waals surface area contributed by atoms with E-state index in [-0.39, 0.29) is 10.5 Å². The van der Waals surface area contributed by atoms with Gasteiger partial charge in [0.15, 0.2) is 0 Å². The maximum atomic E-state index is 10.5. The van der Waals surface area contributed by atoms with Gasteiger partial charge in [0, 0.05) is 6.08 Å². The van der Waals surface area contributed by atoms with Gasteiger partial charge in [0.1, 0.15) is 5.25 Å². The van der Waals surface area contributed by atoms with Gasteiger partial charge in [-0.05, 0) is 6.92 Å². The van der Waals surface area contributed by atoms with Crippen LogP contribution in [0.25, 0.3) is 0 Å². The van der Waals surface area contributed by atoms with Crippen molar-refractivity contribution in [3.63, 3.8) is 0 Å². The average molecular weight is 210 g/mol. The molecule has 0 aromatic heterocycles. The van der Waals surface area contributed by atoms with E-state index in [4.69, 9.17) is 4.55 Å². The van der Waals surface area contributed by atoms with Crippen LogP contribution in [-0.4, -0.2) is 34.7 Å². The van der Waals surface area contributed by atoms with Crippen molar-refractivity contribution in [3.05, 3.63) is 12.2 Å². The standard InChI is InChI=1S/C5H10O5SSi/c1-4(11(7,8)9)2-3-5(6)10-12/h2-4H,1,12H3,(H,7,8,9). The first-order valence-electron chi connectivity index (χ1n) is 3.10. The summed E-state index contributed by atoms with van der Waals surface area (Å²) in [6.07, 6.45) is 2.04. The highest BCUT2D eigenvalue weighted by atomic mass is 32.2. The van der Waals surface area contributed by atoms with Gasteiger partial charge in [0.25, 0.3) is 10.1 Å². The Bertz CT molecular complexity index is 280. The van der Waals surface area contributed by atoms with E-state index in [2.05, 4.69) is 4.43 Å². The van der Waals surface area contributed by atoms with Crippen LogP contribution in [0, 0.1) is 0 Å². The average Bonchev–Trinajstić information content (AvgIpc) is 1.97. The van der Waals surface area contributed by atoms with Crippen LogP contribution in [0.15, 0.2) is 12.2 Å². The highest BCUT2D eigenvalue weighted by molar-refractivity contribution is 7.86. The number of carbonyl (C=O) groups is 1. The lowest BCUT2D eigenvalue weighted by Crippen LogP contribution is -2.14. The predicted molar refractivity (Wildman–Crippen MR) is 46.2 cm³/mol. The lowest BCUT2D eigenvalue weighted by molar-refractivity contribution is -0.128. The van der Waals surface area contributed by atoms with E-state index < -0.39 is 21.3 Å². The van der Waals surface area contributed by atoms with Crippen molar-refractivity contribution >= 4 is 26.6 Å². The van der Waals surface area contributed by atoms with Crippen LogP contribution in [0.1, 0.15) is 6.92 Å². The monoisotopic (exact) mass is 210 g/mol. The quantitative estimate of drug-likeness (QED) is 0.353. The molecule has 0 rings (SSSR count). The van der Waals surface area contributed by atoms with Crippen LogP contribution in [0.2, 0.25) is 0 Å². The van der Waals surface area contributed by atoms with Crippen LogP contribution in [0.5, 0.6) is 0 Å². The van der Waals surface area contributed by atoms with E-state index in [1.54, 1.807) is 0 Å². The fourth-order valence-corrected chi connectivity index (χ4v) is 0.795. The summed E-state index contributed by atoms with van der Waals surface area (Å²) in [6.45, 7) is 1.26. The Morgan fingerprint density at radius 2 is 2.17 bits per heavy atom. The van der Waals surface area contributed by atoms with Gasteiger partial charge in [-0.3, -0.25) is 4.55 Å². The van der Waals surface area contributed by atoms with Gasteiger partial charge in [0.2, 0.25) is 10.5 Å². The molecule has 5 nitrogen and oxygen atoms in total. The Hall–Kier alpha value is -0.663. The molecular formula is C5H10O5SSi. The molecule has 12 heavy (non-hydrogen) atoms. The molecule has 1 N–H and O–H groups in total. The van der Waals surface area contributed by atoms with Gasteiger partial charge in [-0.2, -0.15) is 8.42 Å². The lowest BCUT2D eigenvalue weighted by Gasteiger charge is -1.99. The first-order valence-corrected chi connectivity index (χ1v) is 5.42. The van der Waals surface area contributed by atoms with Crippen molar-refractivity contribution in [1.82, 2.24) is 0 Å². The molecule has 1 unspecified atom stereocenters. The summed E-state index contributed by atoms with van der Waals surface area (Å²) in [6, 6.07) is 0. The molecule has 0 saturated carbocycles. The minimum atomic E-state index is -4.09. The molecular weight excluding hydrogens is 200 g/mol. The Kier molecular flexibility index (Phi) is 4.14. The summed E-state index contributed by atoms with van der Waals surface area (Å²) in [5, 5.41) is -1.08. The molecule has 0 saturated heterocycles. The maximum Gasteiger partial charge on any atom is 0.316 e. The van der Waals surface area contributed by atoms with Crippen molar-refractivity contribution in [2.24, 2.45) is 0 Å². The molecule has 1 atom stereocenters. The zero-order chi connectivity index (χ0) is 9.78. The molecule has 7 heteroatoms. The minimum absolute atomic E-state index is 0.259. The van der Waals surface area contributed by atoms with E-state index >= 15 is 0 Å². The molecule has 0 aliphatic rings. The molecule has 0 radical (unpaired) electrons. The normalized spacial score (nSPS) is 14.8. The van der Waals surface area contributed by atoms with Crippen molar-refractivity contribution in [3.8, 4) is 0 Å². The van der Waals surface area contributed by atoms with E-state index in [0.717, 1.165) is 12.2 Å². The van der Waals surface area contributed by atoms with Crippen molar-refractivity contribution < 1.29 is 22.2 Å². The highest BCUT2D eigenvalue weighted by Crippen LogP contribution is 1.98. The summed E-state index contributed by atoms with van der Waals surface area (Å²) in [4.78, 5) is 10.5. The smallest absolute Gasteiger partial charge is 0.316 e. The predicted octanol–water partition coefficient (Wildman–Crippen LogP) is -1.36. The van der Waals surface area contributed by atoms with Gasteiger partial charge in [-0.25, -0.2) is 4.79 Å². The zero-order valence-corrected chi connectivity index (χ0v) is 9.54. The second-order valence-electron chi connectivity index (χ2n) is 2.10. The third-order valence-electron chi connectivity index (χ3n) is 1.17. The number of hydrogen-bond donors (Lipinski definition) is 1. The Labute approximate surface area is 73.7 Å². The molecule has 0 aliphatic heterocycles. The van der Waals surface area contributed by atoms with Crippen molar-refractivity contribution in [2.75, 3.05) is 0 Å². The minimum Gasteiger partial charge on any atom is -0.526 e. The number of rotatable bonds is 3. The zero-order valence-electron chi connectivity index (χ0n) is 6.72. The van der Waals surface area contributed by atoms with Crippen LogP contribution in [0.3, 0.4) is 0 Å². The summed E-state index contributed by atoms with van der Waals surface area (Å²) in [5.41, 5.74) is 0. The number of hydrogen-bond acceptors (Lipinski definition) is 4. The molecule has 0 aromatic carbocycles. The lowest BCUT2D eigenvalue weighted by atomic mass is 10.4. The van der Waals surface area contributed by atoms with Gasteiger partial charge in [-0.15, -0.1) is 0 Å². The van der Waals surface area contributed by atoms with E-state index in [1.165, 1.54) is 6.92 Å². The van der Waals surface area contributed by atoms with E-state index in [9.17, 15) is 13.2 Å². The molecule has 0 aromatic rings. The second kappa shape index (κ2) is 4.38. The van der Waals surface area contributed by atoms with Gasteiger partial charge in [0.05, 0.1) is 0 Å². The molecule has 0 aliphatic carbocycles. The Balaban J connectivity index is 4.29. The maximum absolute atomic E-state index is 10.5. The van der Waals surface area contributed by atoms with Crippen LogP contribution >= 0.6 is 0 Å². The van der Waals surface area contributed by atoms with Crippen LogP contribution in [0.4, 0.5) is 0 Å². The summed E-state index contributed by atoms with van der Waals surface area (Å²) >= 11 is 0. The van der Waals surface area contributed by atoms with Crippen molar-refractivity contribution in [1.29, 1.82) is 0 Å². The van der Waals surface area contributed by atoms with Gasteiger partial charge >= 0.3 is 5.97 Å². The molecule has 0 fully saturated rings. The van der Waals surface area contributed by atoms with Crippen LogP contribution in [-0.2, 0) is 19.3 Å². The van der Waals surface area contributed by atoms with Crippen molar-refractivity contribution in [2.45, 2.75) is 12.2 Å². The Morgan fingerprint density at radius 3 is 2.50 bits per heavy atom. The fourth-order valence-electron chi connectivity index (χ4n) is 0.381. The topological polar surface area (TPSA) is 80.7 Å². The van der Waals surface area contributed by atoms with Crippen LogP contribution < -0.4 is 0 Å². The highest BCUT2D eigenvalue weighted by Gasteiger charge is 2.13. The summed E-state index contributed by atoms with van der Waals surface area (Å²) in [7, 11) is -3.83. The summed E-state index contributed by atoms with van der Waals surface area (Å²) in [5.74, 6) is -0.600. The third-order valence-corrected chi connectivity index (χ3v) is 2.67. The van der Waals surface area contributed by atoms with E-state index in [1.807, 2.05) is 0 Å². The Morgan fingerprint density at radius 1 is 1.67 bits per heavy atom. The molecule has 0 heterocycles. The molecule has 0 spiro atoms. The van der Waals surface area contributed by atoms with E-state index in [0.29, 0.717) is 0 Å². The van der Waals surface area contributed by atoms with Gasteiger partial charge < -0.3 is 4.43 Å². The first-order chi connectivity index (χ1) is 5.38. The molecule has 0 amide bonds. The number of carbonyl (C=O) groups excluding carboxylic acids is 1. The second-order valence-corrected chi connectivity index (χ2v) is 4.28. The largest absolute Gasteiger partial charge is 0.526 e. The fraction of sp³-hybridized carbons (Fsp3) is 0.400. The molecule has 70 valence electrons. The SMILES string of the molecule is CC(C=CC(=O)O[SiH3])S(=O)(=O)O. The summed E-state index contributed by atoms with van der Waals surface area (Å²) < 4.78 is 33.6. The first kappa shape index (κ1) is 11.3.